The first-order valence-electron chi connectivity index (χ1n) is 7.85. The van der Waals surface area contributed by atoms with Crippen LogP contribution in [0.5, 0.6) is 0 Å². The summed E-state index contributed by atoms with van der Waals surface area (Å²) in [7, 11) is 0. The number of hydrogen-bond acceptors (Lipinski definition) is 4. The fraction of sp³-hybridized carbons (Fsp3) is 0.933. The first-order chi connectivity index (χ1) is 9.52. The number of carbonyl (C=O) groups is 1. The van der Waals surface area contributed by atoms with E-state index in [1.165, 1.54) is 6.42 Å². The number of amides is 1. The van der Waals surface area contributed by atoms with Crippen molar-refractivity contribution in [1.29, 1.82) is 0 Å². The largest absolute Gasteiger partial charge is 0.388 e. The van der Waals surface area contributed by atoms with Crippen molar-refractivity contribution < 1.29 is 9.90 Å². The zero-order valence-corrected chi connectivity index (χ0v) is 13.5. The molecule has 0 aromatic carbocycles. The minimum absolute atomic E-state index is 0.00897. The average molecular weight is 300 g/mol. The van der Waals surface area contributed by atoms with Gasteiger partial charge >= 0.3 is 0 Å². The normalized spacial score (nSPS) is 27.5. The van der Waals surface area contributed by atoms with Crippen LogP contribution in [0.3, 0.4) is 0 Å². The molecular formula is C15H28N2O2S. The van der Waals surface area contributed by atoms with Crippen LogP contribution >= 0.6 is 11.8 Å². The van der Waals surface area contributed by atoms with Gasteiger partial charge in [-0.25, -0.2) is 0 Å². The Morgan fingerprint density at radius 3 is 2.75 bits per heavy atom. The number of piperidine rings is 1. The molecule has 0 aromatic rings. The van der Waals surface area contributed by atoms with Crippen LogP contribution in [0.1, 0.15) is 46.0 Å². The molecule has 0 radical (unpaired) electrons. The number of thioether (sulfide) groups is 1. The second-order valence-electron chi connectivity index (χ2n) is 6.40. The van der Waals surface area contributed by atoms with Gasteiger partial charge in [-0.3, -0.25) is 9.69 Å². The Kier molecular flexibility index (Phi) is 5.75. The second kappa shape index (κ2) is 7.14. The highest BCUT2D eigenvalue weighted by atomic mass is 32.2. The van der Waals surface area contributed by atoms with Gasteiger partial charge < -0.3 is 10.4 Å². The van der Waals surface area contributed by atoms with E-state index in [9.17, 15) is 9.90 Å². The Balaban J connectivity index is 1.86. The lowest BCUT2D eigenvalue weighted by Crippen LogP contribution is -2.54. The van der Waals surface area contributed by atoms with Gasteiger partial charge in [0.05, 0.1) is 11.6 Å². The van der Waals surface area contributed by atoms with Crippen LogP contribution in [-0.4, -0.2) is 58.2 Å². The topological polar surface area (TPSA) is 52.6 Å². The quantitative estimate of drug-likeness (QED) is 0.828. The lowest BCUT2D eigenvalue weighted by Gasteiger charge is -2.38. The molecule has 0 aromatic heterocycles. The molecule has 2 N–H and O–H groups in total. The summed E-state index contributed by atoms with van der Waals surface area (Å²) in [4.78, 5) is 14.7. The highest BCUT2D eigenvalue weighted by Crippen LogP contribution is 2.26. The van der Waals surface area contributed by atoms with E-state index in [1.807, 2.05) is 11.8 Å². The van der Waals surface area contributed by atoms with Crippen molar-refractivity contribution in [3.8, 4) is 0 Å². The van der Waals surface area contributed by atoms with Crippen molar-refractivity contribution in [2.75, 3.05) is 24.6 Å². The monoisotopic (exact) mass is 300 g/mol. The van der Waals surface area contributed by atoms with Gasteiger partial charge in [-0.2, -0.15) is 11.8 Å². The summed E-state index contributed by atoms with van der Waals surface area (Å²) in [6.45, 7) is 5.72. The molecule has 2 heterocycles. The van der Waals surface area contributed by atoms with Crippen molar-refractivity contribution in [3.05, 3.63) is 0 Å². The van der Waals surface area contributed by atoms with Crippen LogP contribution in [-0.2, 0) is 4.79 Å². The van der Waals surface area contributed by atoms with Crippen LogP contribution in [0.4, 0.5) is 0 Å². The van der Waals surface area contributed by atoms with Gasteiger partial charge in [0.25, 0.3) is 0 Å². The van der Waals surface area contributed by atoms with Crippen LogP contribution in [0.2, 0.25) is 0 Å². The molecule has 0 aliphatic carbocycles. The number of rotatable bonds is 4. The predicted molar refractivity (Wildman–Crippen MR) is 84.0 cm³/mol. The fourth-order valence-corrected chi connectivity index (χ4v) is 4.40. The fourth-order valence-electron chi connectivity index (χ4n) is 3.15. The molecule has 1 atom stereocenters. The minimum Gasteiger partial charge on any atom is -0.388 e. The van der Waals surface area contributed by atoms with Crippen molar-refractivity contribution in [3.63, 3.8) is 0 Å². The molecule has 2 rings (SSSR count). The number of nitrogens with zero attached hydrogens (tertiary/aromatic N) is 1. The van der Waals surface area contributed by atoms with Gasteiger partial charge in [0.1, 0.15) is 0 Å². The third kappa shape index (κ3) is 4.12. The molecule has 2 aliphatic rings. The summed E-state index contributed by atoms with van der Waals surface area (Å²) < 4.78 is 0. The van der Waals surface area contributed by atoms with Crippen LogP contribution < -0.4 is 5.32 Å². The van der Waals surface area contributed by atoms with Gasteiger partial charge in [-0.15, -0.1) is 0 Å². The Morgan fingerprint density at radius 1 is 1.40 bits per heavy atom. The zero-order chi connectivity index (χ0) is 14.6. The van der Waals surface area contributed by atoms with Gasteiger partial charge in [0.15, 0.2) is 0 Å². The number of nitrogens with one attached hydrogen (secondary N) is 1. The molecule has 4 nitrogen and oxygen atoms in total. The Morgan fingerprint density at radius 2 is 2.10 bits per heavy atom. The molecule has 1 amide bonds. The van der Waals surface area contributed by atoms with E-state index in [4.69, 9.17) is 0 Å². The first-order valence-corrected chi connectivity index (χ1v) is 9.01. The van der Waals surface area contributed by atoms with E-state index in [1.54, 1.807) is 0 Å². The standard InChI is InChI=1S/C15H28N2O2S/c1-12(2)17-8-4-3-5-13(17)14(18)16-11-15(19)6-9-20-10-7-15/h12-13,19H,3-11H2,1-2H3,(H,16,18)/t13-/m0/s1. The molecule has 0 bridgehead atoms. The SMILES string of the molecule is CC(C)N1CCCC[C@H]1C(=O)NCC1(O)CCSCC1. The maximum absolute atomic E-state index is 12.4. The van der Waals surface area contributed by atoms with Gasteiger partial charge in [-0.05, 0) is 57.6 Å². The molecule has 5 heteroatoms. The van der Waals surface area contributed by atoms with Crippen molar-refractivity contribution in [1.82, 2.24) is 10.2 Å². The average Bonchev–Trinajstić information content (AvgIpc) is 2.45. The zero-order valence-electron chi connectivity index (χ0n) is 12.7. The molecular weight excluding hydrogens is 272 g/mol. The number of likely N-dealkylation sites (tertiary alicyclic amines) is 1. The van der Waals surface area contributed by atoms with E-state index in [2.05, 4.69) is 24.1 Å². The van der Waals surface area contributed by atoms with E-state index in [0.717, 1.165) is 43.7 Å². The molecule has 20 heavy (non-hydrogen) atoms. The molecule has 0 unspecified atom stereocenters. The van der Waals surface area contributed by atoms with E-state index >= 15 is 0 Å². The molecule has 116 valence electrons. The lowest BCUT2D eigenvalue weighted by molar-refractivity contribution is -0.129. The highest BCUT2D eigenvalue weighted by Gasteiger charge is 2.33. The lowest BCUT2D eigenvalue weighted by atomic mass is 9.95. The number of aliphatic hydroxyl groups is 1. The second-order valence-corrected chi connectivity index (χ2v) is 7.62. The highest BCUT2D eigenvalue weighted by molar-refractivity contribution is 7.99. The van der Waals surface area contributed by atoms with E-state index < -0.39 is 5.60 Å². The van der Waals surface area contributed by atoms with Crippen LogP contribution in [0.25, 0.3) is 0 Å². The van der Waals surface area contributed by atoms with Crippen molar-refractivity contribution >= 4 is 17.7 Å². The predicted octanol–water partition coefficient (Wildman–Crippen LogP) is 1.62. The van der Waals surface area contributed by atoms with E-state index in [0.29, 0.717) is 12.6 Å². The third-order valence-corrected chi connectivity index (χ3v) is 5.51. The first kappa shape index (κ1) is 16.1. The molecule has 0 saturated carbocycles. The van der Waals surface area contributed by atoms with Crippen LogP contribution in [0, 0.1) is 0 Å². The number of carbonyl (C=O) groups excluding carboxylic acids is 1. The third-order valence-electron chi connectivity index (χ3n) is 4.53. The molecule has 2 fully saturated rings. The summed E-state index contributed by atoms with van der Waals surface area (Å²) in [6, 6.07) is 0.394. The molecule has 2 aliphatic heterocycles. The van der Waals surface area contributed by atoms with Crippen molar-refractivity contribution in [2.24, 2.45) is 0 Å². The van der Waals surface area contributed by atoms with Gasteiger partial charge in [0, 0.05) is 12.6 Å². The summed E-state index contributed by atoms with van der Waals surface area (Å²) in [5.74, 6) is 2.09. The maximum atomic E-state index is 12.4. The molecule has 2 saturated heterocycles. The summed E-state index contributed by atoms with van der Waals surface area (Å²) in [5.41, 5.74) is -0.682. The Hall–Kier alpha value is -0.260. The summed E-state index contributed by atoms with van der Waals surface area (Å²) in [5, 5.41) is 13.5. The summed E-state index contributed by atoms with van der Waals surface area (Å²) in [6.07, 6.45) is 4.83. The minimum atomic E-state index is -0.682. The maximum Gasteiger partial charge on any atom is 0.237 e. The number of hydrogen-bond donors (Lipinski definition) is 2. The van der Waals surface area contributed by atoms with Crippen molar-refractivity contribution in [2.45, 2.75) is 63.6 Å². The van der Waals surface area contributed by atoms with Gasteiger partial charge in [0.2, 0.25) is 5.91 Å². The van der Waals surface area contributed by atoms with Crippen LogP contribution in [0.15, 0.2) is 0 Å². The summed E-state index contributed by atoms with van der Waals surface area (Å²) >= 11 is 1.88. The Labute approximate surface area is 126 Å². The Bertz CT molecular complexity index is 330. The smallest absolute Gasteiger partial charge is 0.237 e. The van der Waals surface area contributed by atoms with E-state index in [-0.39, 0.29) is 11.9 Å². The van der Waals surface area contributed by atoms with Gasteiger partial charge in [-0.1, -0.05) is 6.42 Å². The molecule has 0 spiro atoms.